The Hall–Kier alpha value is -2.21. The number of piperidine rings is 1. The molecule has 1 saturated heterocycles. The highest BCUT2D eigenvalue weighted by molar-refractivity contribution is 5.76. The predicted octanol–water partition coefficient (Wildman–Crippen LogP) is 1.68. The van der Waals surface area contributed by atoms with Crippen LogP contribution in [-0.2, 0) is 24.3 Å². The van der Waals surface area contributed by atoms with Crippen LogP contribution >= 0.6 is 0 Å². The van der Waals surface area contributed by atoms with Crippen molar-refractivity contribution in [2.45, 2.75) is 44.8 Å². The van der Waals surface area contributed by atoms with Gasteiger partial charge in [0.2, 0.25) is 5.91 Å². The first-order valence-corrected chi connectivity index (χ1v) is 8.77. The van der Waals surface area contributed by atoms with E-state index in [4.69, 9.17) is 0 Å². The molecule has 1 unspecified atom stereocenters. The molecular weight excluding hydrogens is 302 g/mol. The summed E-state index contributed by atoms with van der Waals surface area (Å²) in [6.45, 7) is 2.77. The maximum atomic E-state index is 12.6. The number of hydrogen-bond donors (Lipinski definition) is 1. The lowest BCUT2D eigenvalue weighted by Crippen LogP contribution is -2.38. The summed E-state index contributed by atoms with van der Waals surface area (Å²) in [4.78, 5) is 14.5. The number of aromatic nitrogens is 3. The van der Waals surface area contributed by atoms with E-state index in [1.165, 1.54) is 24.0 Å². The average Bonchev–Trinajstić information content (AvgIpc) is 3.10. The molecule has 2 aliphatic rings. The lowest BCUT2D eigenvalue weighted by Gasteiger charge is -2.28. The Bertz CT molecular complexity index is 720. The second-order valence-electron chi connectivity index (χ2n) is 6.68. The molecule has 0 spiro atoms. The lowest BCUT2D eigenvalue weighted by atomic mass is 10.00. The maximum absolute atomic E-state index is 12.6. The van der Waals surface area contributed by atoms with Crippen LogP contribution in [0.3, 0.4) is 0 Å². The Morgan fingerprint density at radius 1 is 1.25 bits per heavy atom. The van der Waals surface area contributed by atoms with Crippen LogP contribution < -0.4 is 5.32 Å². The predicted molar refractivity (Wildman–Crippen MR) is 90.2 cm³/mol. The molecule has 0 radical (unpaired) electrons. The van der Waals surface area contributed by atoms with Gasteiger partial charge in [0.05, 0.1) is 17.9 Å². The molecule has 3 heterocycles. The number of nitrogens with zero attached hydrogens (tertiary/aromatic N) is 4. The van der Waals surface area contributed by atoms with Crippen molar-refractivity contribution in [3.05, 3.63) is 47.3 Å². The molecule has 1 aromatic heterocycles. The van der Waals surface area contributed by atoms with Crippen LogP contribution in [0.5, 0.6) is 0 Å². The minimum absolute atomic E-state index is 0.109. The fourth-order valence-electron chi connectivity index (χ4n) is 3.60. The van der Waals surface area contributed by atoms with E-state index in [0.29, 0.717) is 6.54 Å². The van der Waals surface area contributed by atoms with Crippen LogP contribution in [0.25, 0.3) is 0 Å². The van der Waals surface area contributed by atoms with E-state index in [-0.39, 0.29) is 18.5 Å². The molecule has 1 aromatic carbocycles. The van der Waals surface area contributed by atoms with Crippen LogP contribution in [-0.4, -0.2) is 38.9 Å². The van der Waals surface area contributed by atoms with Crippen molar-refractivity contribution in [2.75, 3.05) is 13.1 Å². The molecule has 1 N–H and O–H groups in total. The monoisotopic (exact) mass is 325 g/mol. The summed E-state index contributed by atoms with van der Waals surface area (Å²) in [5.41, 5.74) is 3.56. The minimum atomic E-state index is 0.109. The number of amides is 1. The Balaban J connectivity index is 1.39. The third kappa shape index (κ3) is 3.19. The van der Waals surface area contributed by atoms with E-state index in [2.05, 4.69) is 33.8 Å². The van der Waals surface area contributed by atoms with Crippen LogP contribution in [0.2, 0.25) is 0 Å². The molecule has 24 heavy (non-hydrogen) atoms. The first-order chi connectivity index (χ1) is 11.8. The van der Waals surface area contributed by atoms with Gasteiger partial charge in [0.25, 0.3) is 0 Å². The van der Waals surface area contributed by atoms with Crippen molar-refractivity contribution in [1.29, 1.82) is 0 Å². The zero-order valence-corrected chi connectivity index (χ0v) is 13.8. The minimum Gasteiger partial charge on any atom is -0.336 e. The molecule has 0 saturated carbocycles. The van der Waals surface area contributed by atoms with Crippen LogP contribution in [0.1, 0.15) is 42.1 Å². The summed E-state index contributed by atoms with van der Waals surface area (Å²) in [6, 6.07) is 8.64. The second kappa shape index (κ2) is 6.73. The molecule has 0 aliphatic carbocycles. The average molecular weight is 325 g/mol. The summed E-state index contributed by atoms with van der Waals surface area (Å²) in [5, 5.41) is 11.9. The van der Waals surface area contributed by atoms with Gasteiger partial charge < -0.3 is 10.2 Å². The number of rotatable bonds is 3. The van der Waals surface area contributed by atoms with Crippen molar-refractivity contribution in [1.82, 2.24) is 25.2 Å². The SMILES string of the molecule is O=C(Cn1cc(C2CCCCN2)nn1)N1CCc2ccccc2C1. The highest BCUT2D eigenvalue weighted by Gasteiger charge is 2.22. The van der Waals surface area contributed by atoms with E-state index in [1.807, 2.05) is 17.2 Å². The number of carbonyl (C=O) groups is 1. The van der Waals surface area contributed by atoms with Gasteiger partial charge in [-0.15, -0.1) is 5.10 Å². The second-order valence-corrected chi connectivity index (χ2v) is 6.68. The molecule has 0 bridgehead atoms. The molecule has 126 valence electrons. The fraction of sp³-hybridized carbons (Fsp3) is 0.500. The molecule has 4 rings (SSSR count). The zero-order chi connectivity index (χ0) is 16.4. The van der Waals surface area contributed by atoms with Crippen LogP contribution in [0.15, 0.2) is 30.5 Å². The summed E-state index contributed by atoms with van der Waals surface area (Å²) in [7, 11) is 0. The Morgan fingerprint density at radius 2 is 2.12 bits per heavy atom. The number of hydrogen-bond acceptors (Lipinski definition) is 4. The number of fused-ring (bicyclic) bond motifs is 1. The van der Waals surface area contributed by atoms with Crippen molar-refractivity contribution >= 4 is 5.91 Å². The van der Waals surface area contributed by atoms with Crippen LogP contribution in [0.4, 0.5) is 0 Å². The van der Waals surface area contributed by atoms with Crippen molar-refractivity contribution in [3.8, 4) is 0 Å². The first kappa shape index (κ1) is 15.3. The summed E-state index contributed by atoms with van der Waals surface area (Å²) in [5.74, 6) is 0.109. The Labute approximate surface area is 141 Å². The van der Waals surface area contributed by atoms with Crippen molar-refractivity contribution in [2.24, 2.45) is 0 Å². The quantitative estimate of drug-likeness (QED) is 0.932. The lowest BCUT2D eigenvalue weighted by molar-refractivity contribution is -0.133. The molecule has 6 nitrogen and oxygen atoms in total. The van der Waals surface area contributed by atoms with Crippen molar-refractivity contribution in [3.63, 3.8) is 0 Å². The van der Waals surface area contributed by atoms with E-state index >= 15 is 0 Å². The van der Waals surface area contributed by atoms with Gasteiger partial charge in [-0.25, -0.2) is 4.68 Å². The molecule has 2 aromatic rings. The largest absolute Gasteiger partial charge is 0.336 e. The molecule has 1 fully saturated rings. The molecular formula is C18H23N5O. The maximum Gasteiger partial charge on any atom is 0.244 e. The standard InChI is InChI=1S/C18H23N5O/c24-18(22-10-8-14-5-1-2-6-15(14)11-22)13-23-12-17(20-21-23)16-7-3-4-9-19-16/h1-2,5-6,12,16,19H,3-4,7-11,13H2. The Kier molecular flexibility index (Phi) is 4.30. The summed E-state index contributed by atoms with van der Waals surface area (Å²) in [6.07, 6.45) is 6.38. The molecule has 1 amide bonds. The highest BCUT2D eigenvalue weighted by atomic mass is 16.2. The van der Waals surface area contributed by atoms with E-state index in [0.717, 1.165) is 31.6 Å². The third-order valence-electron chi connectivity index (χ3n) is 5.00. The first-order valence-electron chi connectivity index (χ1n) is 8.77. The normalized spacial score (nSPS) is 20.7. The summed E-state index contributed by atoms with van der Waals surface area (Å²) >= 11 is 0. The Morgan fingerprint density at radius 3 is 2.96 bits per heavy atom. The topological polar surface area (TPSA) is 63.1 Å². The van der Waals surface area contributed by atoms with Gasteiger partial charge >= 0.3 is 0 Å². The number of benzene rings is 1. The van der Waals surface area contributed by atoms with Gasteiger partial charge in [-0.05, 0) is 36.9 Å². The van der Waals surface area contributed by atoms with Gasteiger partial charge in [0, 0.05) is 13.1 Å². The summed E-state index contributed by atoms with van der Waals surface area (Å²) < 4.78 is 1.68. The van der Waals surface area contributed by atoms with Gasteiger partial charge in [0.1, 0.15) is 6.54 Å². The smallest absolute Gasteiger partial charge is 0.244 e. The molecule has 6 heteroatoms. The molecule has 1 atom stereocenters. The van der Waals surface area contributed by atoms with E-state index in [9.17, 15) is 4.79 Å². The number of nitrogens with one attached hydrogen (secondary N) is 1. The zero-order valence-electron chi connectivity index (χ0n) is 13.8. The fourth-order valence-corrected chi connectivity index (χ4v) is 3.60. The van der Waals surface area contributed by atoms with Crippen LogP contribution in [0, 0.1) is 0 Å². The highest BCUT2D eigenvalue weighted by Crippen LogP contribution is 2.21. The van der Waals surface area contributed by atoms with Crippen molar-refractivity contribution < 1.29 is 4.79 Å². The van der Waals surface area contributed by atoms with Gasteiger partial charge in [0.15, 0.2) is 0 Å². The van der Waals surface area contributed by atoms with E-state index < -0.39 is 0 Å². The number of carbonyl (C=O) groups excluding carboxylic acids is 1. The third-order valence-corrected chi connectivity index (χ3v) is 5.00. The molecule has 2 aliphatic heterocycles. The van der Waals surface area contributed by atoms with E-state index in [1.54, 1.807) is 4.68 Å². The van der Waals surface area contributed by atoms with Gasteiger partial charge in [-0.3, -0.25) is 4.79 Å². The van der Waals surface area contributed by atoms with Gasteiger partial charge in [-0.2, -0.15) is 0 Å². The van der Waals surface area contributed by atoms with Gasteiger partial charge in [-0.1, -0.05) is 35.9 Å².